The molecule has 0 spiro atoms. The maximum absolute atomic E-state index is 10.6. The molecule has 1 rings (SSSR count). The van der Waals surface area contributed by atoms with Crippen LogP contribution in [0.1, 0.15) is 16.7 Å². The zero-order valence-corrected chi connectivity index (χ0v) is 11.3. The highest BCUT2D eigenvalue weighted by Crippen LogP contribution is 2.26. The number of ether oxygens (including phenoxy) is 1. The standard InChI is InChI=1S/C11H13B3O4S/c12-5-8-3-9(6-13)11(10(4-8)7-14)18-1-2-19(15,16)17/h3-4H,1-2,5-7H2,(H,15,16,17). The molecule has 8 heteroatoms. The van der Waals surface area contributed by atoms with Gasteiger partial charge in [-0.15, -0.1) is 0 Å². The van der Waals surface area contributed by atoms with Crippen molar-refractivity contribution < 1.29 is 17.7 Å². The molecule has 0 heterocycles. The minimum absolute atomic E-state index is 0.166. The molecule has 1 N–H and O–H groups in total. The lowest BCUT2D eigenvalue weighted by Crippen LogP contribution is -2.14. The predicted molar refractivity (Wildman–Crippen MR) is 76.7 cm³/mol. The van der Waals surface area contributed by atoms with Crippen LogP contribution in [0, 0.1) is 0 Å². The van der Waals surface area contributed by atoms with E-state index in [0.717, 1.165) is 5.56 Å². The maximum atomic E-state index is 10.6. The van der Waals surface area contributed by atoms with Crippen LogP contribution in [0.4, 0.5) is 0 Å². The van der Waals surface area contributed by atoms with Gasteiger partial charge in [0.25, 0.3) is 10.1 Å². The molecule has 0 aliphatic carbocycles. The van der Waals surface area contributed by atoms with E-state index < -0.39 is 15.9 Å². The van der Waals surface area contributed by atoms with Crippen LogP contribution in [0.2, 0.25) is 0 Å². The van der Waals surface area contributed by atoms with Gasteiger partial charge < -0.3 is 4.74 Å². The van der Waals surface area contributed by atoms with Crippen molar-refractivity contribution in [3.8, 4) is 5.75 Å². The molecular weight excluding hydrogens is 261 g/mol. The summed E-state index contributed by atoms with van der Waals surface area (Å²) in [5, 5.41) is 0. The second-order valence-corrected chi connectivity index (χ2v) is 5.56. The van der Waals surface area contributed by atoms with Gasteiger partial charge in [-0.2, -0.15) is 8.42 Å². The zero-order chi connectivity index (χ0) is 14.5. The van der Waals surface area contributed by atoms with Crippen molar-refractivity contribution in [2.75, 3.05) is 12.4 Å². The van der Waals surface area contributed by atoms with Crippen LogP contribution in [0.3, 0.4) is 0 Å². The van der Waals surface area contributed by atoms with Gasteiger partial charge in [0.1, 0.15) is 18.1 Å². The van der Waals surface area contributed by atoms with E-state index in [4.69, 9.17) is 32.8 Å². The normalized spacial score (nSPS) is 11.4. The van der Waals surface area contributed by atoms with Gasteiger partial charge in [0.15, 0.2) is 0 Å². The molecule has 0 amide bonds. The molecule has 0 saturated heterocycles. The number of benzene rings is 1. The van der Waals surface area contributed by atoms with Crippen LogP contribution < -0.4 is 4.74 Å². The van der Waals surface area contributed by atoms with Crippen molar-refractivity contribution in [1.29, 1.82) is 0 Å². The van der Waals surface area contributed by atoms with Gasteiger partial charge in [0.2, 0.25) is 0 Å². The molecule has 0 bridgehead atoms. The highest BCUT2D eigenvalue weighted by Gasteiger charge is 2.11. The molecule has 19 heavy (non-hydrogen) atoms. The topological polar surface area (TPSA) is 63.6 Å². The second-order valence-electron chi connectivity index (χ2n) is 3.99. The summed E-state index contributed by atoms with van der Waals surface area (Å²) in [5.41, 5.74) is 2.29. The van der Waals surface area contributed by atoms with Crippen molar-refractivity contribution in [1.82, 2.24) is 0 Å². The van der Waals surface area contributed by atoms with Gasteiger partial charge in [-0.3, -0.25) is 4.55 Å². The summed E-state index contributed by atoms with van der Waals surface area (Å²) in [4.78, 5) is 0. The van der Waals surface area contributed by atoms with Gasteiger partial charge in [0.05, 0.1) is 23.5 Å². The van der Waals surface area contributed by atoms with Crippen LogP contribution in [0.25, 0.3) is 0 Å². The van der Waals surface area contributed by atoms with E-state index in [0.29, 0.717) is 23.2 Å². The Kier molecular flexibility index (Phi) is 6.01. The Bertz CT molecular complexity index is 506. The number of hydrogen-bond donors (Lipinski definition) is 1. The molecule has 0 fully saturated rings. The Hall–Kier alpha value is -0.875. The second kappa shape index (κ2) is 7.05. The molecule has 6 radical (unpaired) electrons. The van der Waals surface area contributed by atoms with Crippen LogP contribution in [0.15, 0.2) is 12.1 Å². The molecule has 0 aliphatic rings. The average molecular weight is 274 g/mol. The summed E-state index contributed by atoms with van der Waals surface area (Å²) >= 11 is 0. The third-order valence-electron chi connectivity index (χ3n) is 2.57. The lowest BCUT2D eigenvalue weighted by molar-refractivity contribution is 0.330. The van der Waals surface area contributed by atoms with E-state index >= 15 is 0 Å². The first-order valence-corrected chi connectivity index (χ1v) is 7.35. The quantitative estimate of drug-likeness (QED) is 0.559. The number of hydrogen-bond acceptors (Lipinski definition) is 3. The Morgan fingerprint density at radius 3 is 1.95 bits per heavy atom. The van der Waals surface area contributed by atoms with Crippen molar-refractivity contribution in [3.05, 3.63) is 28.8 Å². The Morgan fingerprint density at radius 1 is 1.05 bits per heavy atom. The van der Waals surface area contributed by atoms with Crippen LogP contribution in [-0.4, -0.2) is 48.9 Å². The molecule has 96 valence electrons. The summed E-state index contributed by atoms with van der Waals surface area (Å²) in [6, 6.07) is 3.59. The summed E-state index contributed by atoms with van der Waals surface area (Å²) in [6.07, 6.45) is 0.801. The molecule has 0 aromatic heterocycles. The minimum Gasteiger partial charge on any atom is -0.492 e. The van der Waals surface area contributed by atoms with Crippen LogP contribution >= 0.6 is 0 Å². The molecule has 0 unspecified atom stereocenters. The molecular formula is C11H13B3O4S. The van der Waals surface area contributed by atoms with E-state index in [1.165, 1.54) is 0 Å². The zero-order valence-electron chi connectivity index (χ0n) is 10.5. The Labute approximate surface area is 117 Å². The SMILES string of the molecule is [B]Cc1cc(C[B])c(OCCS(=O)(=O)O)c(C[B])c1. The van der Waals surface area contributed by atoms with Crippen molar-refractivity contribution in [2.45, 2.75) is 19.0 Å². The summed E-state index contributed by atoms with van der Waals surface area (Å²) in [5.74, 6) is -0.0227. The van der Waals surface area contributed by atoms with E-state index in [-0.39, 0.29) is 19.2 Å². The molecule has 0 saturated carbocycles. The molecule has 0 atom stereocenters. The first-order valence-electron chi connectivity index (χ1n) is 5.74. The molecule has 4 nitrogen and oxygen atoms in total. The van der Waals surface area contributed by atoms with Crippen LogP contribution in [-0.2, 0) is 29.1 Å². The lowest BCUT2D eigenvalue weighted by atomic mass is 9.85. The van der Waals surface area contributed by atoms with E-state index in [9.17, 15) is 8.42 Å². The fourth-order valence-corrected chi connectivity index (χ4v) is 1.98. The van der Waals surface area contributed by atoms with E-state index in [2.05, 4.69) is 0 Å². The summed E-state index contributed by atoms with van der Waals surface area (Å²) < 4.78 is 35.3. The predicted octanol–water partition coefficient (Wildman–Crippen LogP) is -0.0413. The molecule has 1 aromatic rings. The minimum atomic E-state index is -4.05. The van der Waals surface area contributed by atoms with E-state index in [1.54, 1.807) is 12.1 Å². The van der Waals surface area contributed by atoms with Gasteiger partial charge in [-0.05, 0) is 11.1 Å². The average Bonchev–Trinajstić information content (AvgIpc) is 2.37. The fraction of sp³-hybridized carbons (Fsp3) is 0.455. The largest absolute Gasteiger partial charge is 0.492 e. The third kappa shape index (κ3) is 4.95. The third-order valence-corrected chi connectivity index (χ3v) is 3.25. The molecule has 0 aliphatic heterocycles. The highest BCUT2D eigenvalue weighted by molar-refractivity contribution is 7.85. The van der Waals surface area contributed by atoms with Gasteiger partial charge in [0, 0.05) is 0 Å². The smallest absolute Gasteiger partial charge is 0.268 e. The van der Waals surface area contributed by atoms with Crippen molar-refractivity contribution in [3.63, 3.8) is 0 Å². The Balaban J connectivity index is 2.97. The monoisotopic (exact) mass is 274 g/mol. The lowest BCUT2D eigenvalue weighted by Gasteiger charge is -2.16. The van der Waals surface area contributed by atoms with Gasteiger partial charge in [-0.1, -0.05) is 36.7 Å². The fourth-order valence-electron chi connectivity index (χ4n) is 1.68. The van der Waals surface area contributed by atoms with Crippen molar-refractivity contribution >= 4 is 33.7 Å². The van der Waals surface area contributed by atoms with E-state index in [1.807, 2.05) is 0 Å². The van der Waals surface area contributed by atoms with Crippen molar-refractivity contribution in [2.24, 2.45) is 0 Å². The first-order chi connectivity index (χ1) is 8.91. The highest BCUT2D eigenvalue weighted by atomic mass is 32.2. The Morgan fingerprint density at radius 2 is 1.58 bits per heavy atom. The summed E-state index contributed by atoms with van der Waals surface area (Å²) in [6.45, 7) is -0.166. The first kappa shape index (κ1) is 16.2. The van der Waals surface area contributed by atoms with Crippen LogP contribution in [0.5, 0.6) is 5.75 Å². The van der Waals surface area contributed by atoms with Gasteiger partial charge in [-0.25, -0.2) is 0 Å². The van der Waals surface area contributed by atoms with Gasteiger partial charge >= 0.3 is 0 Å². The molecule has 1 aromatic carbocycles. The maximum Gasteiger partial charge on any atom is 0.268 e. The summed E-state index contributed by atoms with van der Waals surface area (Å²) in [7, 11) is 12.8. The number of rotatable bonds is 7.